The maximum atomic E-state index is 8.52. The number of nitrogens with zero attached hydrogens (tertiary/aromatic N) is 2. The summed E-state index contributed by atoms with van der Waals surface area (Å²) in [6, 6.07) is 11.7. The maximum absolute atomic E-state index is 8.52. The third kappa shape index (κ3) is 3.11. The molecule has 0 aromatic heterocycles. The number of rotatable bonds is 4. The van der Waals surface area contributed by atoms with E-state index in [4.69, 9.17) is 10.00 Å². The van der Waals surface area contributed by atoms with Gasteiger partial charge in [-0.05, 0) is 49.6 Å². The first-order valence-corrected chi connectivity index (χ1v) is 7.81. The van der Waals surface area contributed by atoms with Gasteiger partial charge in [0.05, 0.1) is 12.5 Å². The standard InChI is InChI=1S/C18H22N2O/c1-20-16-4-2-5-17(20)13-15(12-16)14-6-8-18(9-7-14)21-11-3-10-19/h6-9,12,16-17H,2-5,11,13H2,1H3. The Bertz CT molecular complexity index is 556. The van der Waals surface area contributed by atoms with Crippen molar-refractivity contribution in [3.8, 4) is 11.8 Å². The Hall–Kier alpha value is -1.79. The minimum Gasteiger partial charge on any atom is -0.493 e. The highest BCUT2D eigenvalue weighted by molar-refractivity contribution is 5.68. The molecular weight excluding hydrogens is 260 g/mol. The van der Waals surface area contributed by atoms with Gasteiger partial charge in [0, 0.05) is 12.1 Å². The van der Waals surface area contributed by atoms with Crippen LogP contribution in [0.15, 0.2) is 30.3 Å². The van der Waals surface area contributed by atoms with Gasteiger partial charge in [-0.25, -0.2) is 0 Å². The van der Waals surface area contributed by atoms with E-state index in [0.29, 0.717) is 25.1 Å². The highest BCUT2D eigenvalue weighted by Crippen LogP contribution is 2.36. The molecule has 0 radical (unpaired) electrons. The van der Waals surface area contributed by atoms with E-state index in [9.17, 15) is 0 Å². The molecule has 3 rings (SSSR count). The van der Waals surface area contributed by atoms with Gasteiger partial charge in [0.25, 0.3) is 0 Å². The first kappa shape index (κ1) is 14.2. The molecule has 2 bridgehead atoms. The van der Waals surface area contributed by atoms with E-state index < -0.39 is 0 Å². The number of likely N-dealkylation sites (N-methyl/N-ethyl adjacent to an activating group) is 1. The van der Waals surface area contributed by atoms with E-state index >= 15 is 0 Å². The van der Waals surface area contributed by atoms with Gasteiger partial charge in [0.1, 0.15) is 12.4 Å². The van der Waals surface area contributed by atoms with Crippen molar-refractivity contribution >= 4 is 5.57 Å². The predicted octanol–water partition coefficient (Wildman–Crippen LogP) is 3.62. The molecule has 21 heavy (non-hydrogen) atoms. The van der Waals surface area contributed by atoms with E-state index in [0.717, 1.165) is 12.2 Å². The van der Waals surface area contributed by atoms with Crippen molar-refractivity contribution in [1.29, 1.82) is 5.26 Å². The van der Waals surface area contributed by atoms with Crippen molar-refractivity contribution < 1.29 is 4.74 Å². The van der Waals surface area contributed by atoms with Gasteiger partial charge in [-0.1, -0.05) is 24.6 Å². The summed E-state index contributed by atoms with van der Waals surface area (Å²) in [6.07, 6.45) is 7.99. The molecule has 0 amide bonds. The average Bonchev–Trinajstić information content (AvgIpc) is 2.48. The topological polar surface area (TPSA) is 36.3 Å². The number of hydrogen-bond acceptors (Lipinski definition) is 3. The summed E-state index contributed by atoms with van der Waals surface area (Å²) in [5, 5.41) is 8.52. The molecular formula is C18H22N2O. The van der Waals surface area contributed by atoms with Gasteiger partial charge in [0.2, 0.25) is 0 Å². The Morgan fingerprint density at radius 1 is 1.29 bits per heavy atom. The lowest BCUT2D eigenvalue weighted by atomic mass is 9.83. The molecule has 0 spiro atoms. The lowest BCUT2D eigenvalue weighted by Crippen LogP contribution is -2.45. The summed E-state index contributed by atoms with van der Waals surface area (Å²) in [7, 11) is 2.26. The van der Waals surface area contributed by atoms with E-state index in [1.807, 2.05) is 12.1 Å². The molecule has 1 aromatic rings. The van der Waals surface area contributed by atoms with Crippen molar-refractivity contribution in [3.63, 3.8) is 0 Å². The van der Waals surface area contributed by atoms with Gasteiger partial charge < -0.3 is 4.74 Å². The summed E-state index contributed by atoms with van der Waals surface area (Å²) < 4.78 is 5.53. The zero-order valence-electron chi connectivity index (χ0n) is 12.6. The Morgan fingerprint density at radius 3 is 2.81 bits per heavy atom. The highest BCUT2D eigenvalue weighted by Gasteiger charge is 2.31. The number of piperidine rings is 1. The molecule has 0 N–H and O–H groups in total. The molecule has 2 unspecified atom stereocenters. The third-order valence-corrected chi connectivity index (χ3v) is 4.69. The average molecular weight is 282 g/mol. The van der Waals surface area contributed by atoms with E-state index in [-0.39, 0.29) is 0 Å². The molecule has 2 aliphatic heterocycles. The summed E-state index contributed by atoms with van der Waals surface area (Å²) in [5.74, 6) is 0.850. The third-order valence-electron chi connectivity index (χ3n) is 4.69. The smallest absolute Gasteiger partial charge is 0.119 e. The number of hydrogen-bond donors (Lipinski definition) is 0. The van der Waals surface area contributed by atoms with Crippen LogP contribution in [0, 0.1) is 11.3 Å². The molecule has 110 valence electrons. The predicted molar refractivity (Wildman–Crippen MR) is 84.0 cm³/mol. The minimum absolute atomic E-state index is 0.433. The summed E-state index contributed by atoms with van der Waals surface area (Å²) in [5.41, 5.74) is 2.79. The molecule has 1 fully saturated rings. The Kier molecular flexibility index (Phi) is 4.26. The van der Waals surface area contributed by atoms with Crippen LogP contribution in [0.1, 0.15) is 37.7 Å². The number of ether oxygens (including phenoxy) is 1. The van der Waals surface area contributed by atoms with Crippen molar-refractivity contribution in [2.45, 2.75) is 44.2 Å². The van der Waals surface area contributed by atoms with Crippen LogP contribution in [0.4, 0.5) is 0 Å². The van der Waals surface area contributed by atoms with Crippen molar-refractivity contribution in [2.75, 3.05) is 13.7 Å². The van der Waals surface area contributed by atoms with Crippen LogP contribution in [-0.2, 0) is 0 Å². The molecule has 1 saturated heterocycles. The zero-order valence-corrected chi connectivity index (χ0v) is 12.6. The molecule has 2 aliphatic rings. The van der Waals surface area contributed by atoms with Crippen LogP contribution < -0.4 is 4.74 Å². The first-order chi connectivity index (χ1) is 10.3. The highest BCUT2D eigenvalue weighted by atomic mass is 16.5. The van der Waals surface area contributed by atoms with E-state index in [1.54, 1.807) is 0 Å². The summed E-state index contributed by atoms with van der Waals surface area (Å²) in [4.78, 5) is 2.53. The van der Waals surface area contributed by atoms with Gasteiger partial charge >= 0.3 is 0 Å². The summed E-state index contributed by atoms with van der Waals surface area (Å²) >= 11 is 0. The Morgan fingerprint density at radius 2 is 2.10 bits per heavy atom. The molecule has 0 saturated carbocycles. The minimum atomic E-state index is 0.433. The zero-order chi connectivity index (χ0) is 14.7. The number of fused-ring (bicyclic) bond motifs is 2. The van der Waals surface area contributed by atoms with Crippen LogP contribution in [0.3, 0.4) is 0 Å². The van der Waals surface area contributed by atoms with Crippen molar-refractivity contribution in [3.05, 3.63) is 35.9 Å². The fraction of sp³-hybridized carbons (Fsp3) is 0.500. The fourth-order valence-electron chi connectivity index (χ4n) is 3.44. The lowest BCUT2D eigenvalue weighted by molar-refractivity contribution is 0.137. The molecule has 1 aromatic carbocycles. The van der Waals surface area contributed by atoms with E-state index in [1.165, 1.54) is 30.4 Å². The number of benzene rings is 1. The Balaban J connectivity index is 1.71. The molecule has 2 atom stereocenters. The number of nitriles is 1. The molecule has 3 heteroatoms. The van der Waals surface area contributed by atoms with Crippen molar-refractivity contribution in [1.82, 2.24) is 4.90 Å². The fourth-order valence-corrected chi connectivity index (χ4v) is 3.44. The normalized spacial score (nSPS) is 25.0. The molecule has 3 nitrogen and oxygen atoms in total. The summed E-state index contributed by atoms with van der Waals surface area (Å²) in [6.45, 7) is 0.466. The van der Waals surface area contributed by atoms with Crippen LogP contribution >= 0.6 is 0 Å². The molecule has 2 heterocycles. The van der Waals surface area contributed by atoms with Crippen molar-refractivity contribution in [2.24, 2.45) is 0 Å². The van der Waals surface area contributed by atoms with Crippen LogP contribution in [0.25, 0.3) is 5.57 Å². The molecule has 0 aliphatic carbocycles. The van der Waals surface area contributed by atoms with Gasteiger partial charge in [-0.15, -0.1) is 0 Å². The van der Waals surface area contributed by atoms with Crippen LogP contribution in [0.2, 0.25) is 0 Å². The van der Waals surface area contributed by atoms with Gasteiger partial charge in [-0.2, -0.15) is 5.26 Å². The van der Waals surface area contributed by atoms with E-state index in [2.05, 4.69) is 36.2 Å². The second kappa shape index (κ2) is 6.32. The largest absolute Gasteiger partial charge is 0.493 e. The second-order valence-electron chi connectivity index (χ2n) is 5.99. The first-order valence-electron chi connectivity index (χ1n) is 7.81. The van der Waals surface area contributed by atoms with Gasteiger partial charge in [0.15, 0.2) is 0 Å². The Labute approximate surface area is 126 Å². The monoisotopic (exact) mass is 282 g/mol. The van der Waals surface area contributed by atoms with Crippen LogP contribution in [-0.4, -0.2) is 30.6 Å². The quantitative estimate of drug-likeness (QED) is 0.791. The second-order valence-corrected chi connectivity index (χ2v) is 5.99. The van der Waals surface area contributed by atoms with Gasteiger partial charge in [-0.3, -0.25) is 4.90 Å². The SMILES string of the molecule is CN1C2C=C(c3ccc(OCCC#N)cc3)CC1CCC2. The van der Waals surface area contributed by atoms with Crippen LogP contribution in [0.5, 0.6) is 5.75 Å². The maximum Gasteiger partial charge on any atom is 0.119 e. The lowest BCUT2D eigenvalue weighted by Gasteiger charge is -2.42.